The summed E-state index contributed by atoms with van der Waals surface area (Å²) in [7, 11) is 0. The zero-order valence-corrected chi connectivity index (χ0v) is 12.2. The van der Waals surface area contributed by atoms with Gasteiger partial charge in [-0.25, -0.2) is 4.39 Å². The third kappa shape index (κ3) is 4.16. The van der Waals surface area contributed by atoms with Crippen LogP contribution in [-0.4, -0.2) is 31.1 Å². The Balaban J connectivity index is 1.96. The highest BCUT2D eigenvalue weighted by molar-refractivity contribution is 6.30. The first-order valence-electron chi connectivity index (χ1n) is 7.06. The van der Waals surface area contributed by atoms with Crippen molar-refractivity contribution in [1.82, 2.24) is 10.2 Å². The molecule has 0 bridgehead atoms. The highest BCUT2D eigenvalue weighted by Gasteiger charge is 2.17. The standard InChI is InChI=1S/C15H22ClFN2/c1-2-19(10-12-5-4-8-18-9-12)11-13-6-3-7-14(16)15(13)17/h3,6-7,12,18H,2,4-5,8-11H2,1H3. The molecule has 106 valence electrons. The van der Waals surface area contributed by atoms with Crippen molar-refractivity contribution >= 4 is 11.6 Å². The highest BCUT2D eigenvalue weighted by Crippen LogP contribution is 2.20. The van der Waals surface area contributed by atoms with Gasteiger partial charge in [0.2, 0.25) is 0 Å². The Hall–Kier alpha value is -0.640. The number of hydrogen-bond donors (Lipinski definition) is 1. The summed E-state index contributed by atoms with van der Waals surface area (Å²) in [5.74, 6) is 0.403. The summed E-state index contributed by atoms with van der Waals surface area (Å²) in [5.41, 5.74) is 0.693. The number of piperidine rings is 1. The van der Waals surface area contributed by atoms with Gasteiger partial charge >= 0.3 is 0 Å². The maximum atomic E-state index is 13.9. The van der Waals surface area contributed by atoms with Crippen LogP contribution in [0.3, 0.4) is 0 Å². The minimum atomic E-state index is -0.274. The van der Waals surface area contributed by atoms with Crippen LogP contribution in [0.25, 0.3) is 0 Å². The molecule has 1 aliphatic heterocycles. The molecule has 1 aromatic rings. The minimum Gasteiger partial charge on any atom is -0.316 e. The zero-order chi connectivity index (χ0) is 13.7. The normalized spacial score (nSPS) is 19.9. The summed E-state index contributed by atoms with van der Waals surface area (Å²) in [6, 6.07) is 5.24. The van der Waals surface area contributed by atoms with E-state index in [2.05, 4.69) is 17.1 Å². The van der Waals surface area contributed by atoms with Crippen molar-refractivity contribution in [2.24, 2.45) is 5.92 Å². The lowest BCUT2D eigenvalue weighted by atomic mass is 9.99. The number of nitrogens with zero attached hydrogens (tertiary/aromatic N) is 1. The summed E-state index contributed by atoms with van der Waals surface area (Å²) in [5, 5.41) is 3.64. The Labute approximate surface area is 119 Å². The molecule has 1 heterocycles. The Morgan fingerprint density at radius 3 is 3.00 bits per heavy atom. The van der Waals surface area contributed by atoms with Crippen LogP contribution in [0.15, 0.2) is 18.2 Å². The predicted molar refractivity (Wildman–Crippen MR) is 78.0 cm³/mol. The van der Waals surface area contributed by atoms with Crippen molar-refractivity contribution in [2.75, 3.05) is 26.2 Å². The fraction of sp³-hybridized carbons (Fsp3) is 0.600. The second kappa shape index (κ2) is 7.22. The molecule has 1 aromatic carbocycles. The maximum Gasteiger partial charge on any atom is 0.146 e. The molecule has 1 aliphatic rings. The third-order valence-electron chi connectivity index (χ3n) is 3.79. The lowest BCUT2D eigenvalue weighted by Crippen LogP contribution is -2.38. The van der Waals surface area contributed by atoms with E-state index in [0.717, 1.165) is 26.2 Å². The molecular weight excluding hydrogens is 263 g/mol. The minimum absolute atomic E-state index is 0.216. The monoisotopic (exact) mass is 284 g/mol. The van der Waals surface area contributed by atoms with Crippen LogP contribution in [0, 0.1) is 11.7 Å². The van der Waals surface area contributed by atoms with Gasteiger partial charge in [-0.15, -0.1) is 0 Å². The molecule has 1 atom stereocenters. The number of rotatable bonds is 5. The first-order chi connectivity index (χ1) is 9.20. The molecular formula is C15H22ClFN2. The molecule has 0 aliphatic carbocycles. The number of benzene rings is 1. The third-order valence-corrected chi connectivity index (χ3v) is 4.08. The van der Waals surface area contributed by atoms with Gasteiger partial charge in [0.25, 0.3) is 0 Å². The Morgan fingerprint density at radius 2 is 2.32 bits per heavy atom. The van der Waals surface area contributed by atoms with Crippen molar-refractivity contribution < 1.29 is 4.39 Å². The van der Waals surface area contributed by atoms with Crippen LogP contribution in [0.1, 0.15) is 25.3 Å². The van der Waals surface area contributed by atoms with E-state index in [0.29, 0.717) is 18.0 Å². The van der Waals surface area contributed by atoms with Crippen LogP contribution in [-0.2, 0) is 6.54 Å². The van der Waals surface area contributed by atoms with Gasteiger partial charge in [-0.05, 0) is 44.5 Å². The molecule has 4 heteroatoms. The summed E-state index contributed by atoms with van der Waals surface area (Å²) in [6.45, 7) is 6.93. The summed E-state index contributed by atoms with van der Waals surface area (Å²) in [4.78, 5) is 2.30. The number of halogens is 2. The van der Waals surface area contributed by atoms with E-state index < -0.39 is 0 Å². The quantitative estimate of drug-likeness (QED) is 0.892. The molecule has 2 nitrogen and oxygen atoms in total. The summed E-state index contributed by atoms with van der Waals surface area (Å²) in [6.07, 6.45) is 2.51. The van der Waals surface area contributed by atoms with Crippen molar-refractivity contribution in [3.63, 3.8) is 0 Å². The molecule has 1 unspecified atom stereocenters. The van der Waals surface area contributed by atoms with E-state index in [4.69, 9.17) is 11.6 Å². The molecule has 0 radical (unpaired) electrons. The topological polar surface area (TPSA) is 15.3 Å². The van der Waals surface area contributed by atoms with Gasteiger partial charge in [0, 0.05) is 18.7 Å². The Kier molecular flexibility index (Phi) is 5.61. The second-order valence-electron chi connectivity index (χ2n) is 5.25. The average Bonchev–Trinajstić information content (AvgIpc) is 2.44. The Bertz CT molecular complexity index is 405. The van der Waals surface area contributed by atoms with Crippen molar-refractivity contribution in [3.8, 4) is 0 Å². The molecule has 0 amide bonds. The smallest absolute Gasteiger partial charge is 0.146 e. The lowest BCUT2D eigenvalue weighted by molar-refractivity contribution is 0.207. The molecule has 19 heavy (non-hydrogen) atoms. The van der Waals surface area contributed by atoms with Crippen LogP contribution < -0.4 is 5.32 Å². The first-order valence-corrected chi connectivity index (χ1v) is 7.44. The SMILES string of the molecule is CCN(Cc1cccc(Cl)c1F)CC1CCCNC1. The van der Waals surface area contributed by atoms with Gasteiger partial charge in [0.1, 0.15) is 5.82 Å². The van der Waals surface area contributed by atoms with Gasteiger partial charge in [-0.1, -0.05) is 30.7 Å². The van der Waals surface area contributed by atoms with Crippen molar-refractivity contribution in [3.05, 3.63) is 34.6 Å². The molecule has 1 fully saturated rings. The average molecular weight is 285 g/mol. The molecule has 0 saturated carbocycles. The first kappa shape index (κ1) is 14.8. The van der Waals surface area contributed by atoms with Crippen LogP contribution in [0.5, 0.6) is 0 Å². The number of hydrogen-bond acceptors (Lipinski definition) is 2. The lowest BCUT2D eigenvalue weighted by Gasteiger charge is -2.29. The second-order valence-corrected chi connectivity index (χ2v) is 5.66. The predicted octanol–water partition coefficient (Wildman–Crippen LogP) is 3.30. The van der Waals surface area contributed by atoms with E-state index >= 15 is 0 Å². The fourth-order valence-corrected chi connectivity index (χ4v) is 2.86. The molecule has 1 saturated heterocycles. The van der Waals surface area contributed by atoms with Gasteiger partial charge in [0.05, 0.1) is 5.02 Å². The zero-order valence-electron chi connectivity index (χ0n) is 11.5. The summed E-state index contributed by atoms with van der Waals surface area (Å²) >= 11 is 5.83. The van der Waals surface area contributed by atoms with Crippen LogP contribution in [0.2, 0.25) is 5.02 Å². The van der Waals surface area contributed by atoms with Gasteiger partial charge in [-0.3, -0.25) is 4.90 Å². The van der Waals surface area contributed by atoms with Crippen LogP contribution in [0.4, 0.5) is 4.39 Å². The van der Waals surface area contributed by atoms with Gasteiger partial charge in [-0.2, -0.15) is 0 Å². The molecule has 0 aromatic heterocycles. The van der Waals surface area contributed by atoms with Crippen LogP contribution >= 0.6 is 11.6 Å². The molecule has 0 spiro atoms. The van der Waals surface area contributed by atoms with Gasteiger partial charge in [0.15, 0.2) is 0 Å². The number of nitrogens with one attached hydrogen (secondary N) is 1. The highest BCUT2D eigenvalue weighted by atomic mass is 35.5. The van der Waals surface area contributed by atoms with Gasteiger partial charge < -0.3 is 5.32 Å². The molecule has 1 N–H and O–H groups in total. The largest absolute Gasteiger partial charge is 0.316 e. The molecule has 2 rings (SSSR count). The van der Waals surface area contributed by atoms with E-state index in [9.17, 15) is 4.39 Å². The van der Waals surface area contributed by atoms with E-state index in [1.807, 2.05) is 12.1 Å². The van der Waals surface area contributed by atoms with E-state index in [1.165, 1.54) is 12.8 Å². The Morgan fingerprint density at radius 1 is 1.47 bits per heavy atom. The maximum absolute atomic E-state index is 13.9. The van der Waals surface area contributed by atoms with E-state index in [1.54, 1.807) is 6.07 Å². The fourth-order valence-electron chi connectivity index (χ4n) is 2.66. The summed E-state index contributed by atoms with van der Waals surface area (Å²) < 4.78 is 13.9. The van der Waals surface area contributed by atoms with Crippen molar-refractivity contribution in [1.29, 1.82) is 0 Å². The van der Waals surface area contributed by atoms with Crippen molar-refractivity contribution in [2.45, 2.75) is 26.3 Å². The van der Waals surface area contributed by atoms with E-state index in [-0.39, 0.29) is 10.8 Å².